The second-order valence-corrected chi connectivity index (χ2v) is 8.29. The molecule has 1 aliphatic heterocycles. The number of hydrogen-bond donors (Lipinski definition) is 1. The third-order valence-corrected chi connectivity index (χ3v) is 6.44. The molecule has 1 aromatic heterocycles. The van der Waals surface area contributed by atoms with E-state index in [1.54, 1.807) is 0 Å². The molecule has 1 unspecified atom stereocenters. The maximum Gasteiger partial charge on any atom is 0.573 e. The Morgan fingerprint density at radius 1 is 1.31 bits per heavy atom. The number of benzene rings is 1. The minimum atomic E-state index is -4.74. The molecule has 2 heterocycles. The van der Waals surface area contributed by atoms with Crippen LogP contribution in [0.1, 0.15) is 25.3 Å². The molecule has 1 aromatic carbocycles. The standard InChI is InChI=1S/C16H18F3N3O3S/c1-15(9-12-3-5-13(6-4-12)25-16(17,18)19)7-2-8-22(15)26(23,24)14-10-20-11-21-14/h3-6,10-11H,2,7-9H2,1H3,(H,20,21). The molecule has 0 aliphatic carbocycles. The molecule has 0 amide bonds. The average Bonchev–Trinajstić information content (AvgIpc) is 3.18. The zero-order valence-electron chi connectivity index (χ0n) is 14.0. The van der Waals surface area contributed by atoms with E-state index in [4.69, 9.17) is 0 Å². The van der Waals surface area contributed by atoms with Crippen LogP contribution in [0, 0.1) is 0 Å². The zero-order valence-corrected chi connectivity index (χ0v) is 14.8. The monoisotopic (exact) mass is 389 g/mol. The van der Waals surface area contributed by atoms with Crippen LogP contribution >= 0.6 is 0 Å². The van der Waals surface area contributed by atoms with Crippen LogP contribution in [0.5, 0.6) is 5.75 Å². The van der Waals surface area contributed by atoms with E-state index in [1.165, 1.54) is 41.1 Å². The van der Waals surface area contributed by atoms with Crippen molar-refractivity contribution in [1.29, 1.82) is 0 Å². The van der Waals surface area contributed by atoms with Gasteiger partial charge in [-0.3, -0.25) is 0 Å². The lowest BCUT2D eigenvalue weighted by atomic mass is 9.91. The lowest BCUT2D eigenvalue weighted by Crippen LogP contribution is -2.46. The highest BCUT2D eigenvalue weighted by Crippen LogP contribution is 2.37. The molecule has 6 nitrogen and oxygen atoms in total. The quantitative estimate of drug-likeness (QED) is 0.853. The van der Waals surface area contributed by atoms with Gasteiger partial charge in [0, 0.05) is 12.1 Å². The summed E-state index contributed by atoms with van der Waals surface area (Å²) >= 11 is 0. The Hall–Kier alpha value is -2.07. The second kappa shape index (κ2) is 6.58. The van der Waals surface area contributed by atoms with E-state index in [1.807, 2.05) is 6.92 Å². The molecule has 1 aliphatic rings. The molecule has 0 spiro atoms. The van der Waals surface area contributed by atoms with Crippen LogP contribution < -0.4 is 4.74 Å². The van der Waals surface area contributed by atoms with Gasteiger partial charge in [0.25, 0.3) is 10.0 Å². The smallest absolute Gasteiger partial charge is 0.406 e. The van der Waals surface area contributed by atoms with Crippen molar-refractivity contribution < 1.29 is 26.3 Å². The van der Waals surface area contributed by atoms with Crippen molar-refractivity contribution in [2.45, 2.75) is 43.1 Å². The number of nitrogens with zero attached hydrogens (tertiary/aromatic N) is 2. The van der Waals surface area contributed by atoms with Crippen molar-refractivity contribution in [2.75, 3.05) is 6.54 Å². The summed E-state index contributed by atoms with van der Waals surface area (Å²) in [6, 6.07) is 5.50. The van der Waals surface area contributed by atoms with Crippen molar-refractivity contribution in [3.63, 3.8) is 0 Å². The maximum absolute atomic E-state index is 12.8. The van der Waals surface area contributed by atoms with Crippen molar-refractivity contribution in [3.8, 4) is 5.75 Å². The van der Waals surface area contributed by atoms with E-state index in [2.05, 4.69) is 14.7 Å². The Balaban J connectivity index is 1.79. The molecule has 26 heavy (non-hydrogen) atoms. The first-order valence-corrected chi connectivity index (χ1v) is 9.40. The highest BCUT2D eigenvalue weighted by atomic mass is 32.2. The maximum atomic E-state index is 12.8. The van der Waals surface area contributed by atoms with Gasteiger partial charge in [-0.05, 0) is 43.9 Å². The third-order valence-electron chi connectivity index (χ3n) is 4.46. The Morgan fingerprint density at radius 2 is 2.00 bits per heavy atom. The molecule has 142 valence electrons. The summed E-state index contributed by atoms with van der Waals surface area (Å²) in [6.45, 7) is 2.22. The summed E-state index contributed by atoms with van der Waals surface area (Å²) in [5.41, 5.74) is 0.0600. The number of imidazole rings is 1. The highest BCUT2D eigenvalue weighted by Gasteiger charge is 2.44. The van der Waals surface area contributed by atoms with Crippen LogP contribution in [0.2, 0.25) is 0 Å². The van der Waals surface area contributed by atoms with Crippen molar-refractivity contribution in [3.05, 3.63) is 42.4 Å². The van der Waals surface area contributed by atoms with Gasteiger partial charge in [0.15, 0.2) is 5.03 Å². The van der Waals surface area contributed by atoms with Crippen LogP contribution in [-0.2, 0) is 16.4 Å². The number of halogens is 3. The number of alkyl halides is 3. The Kier molecular flexibility index (Phi) is 4.74. The first-order valence-electron chi connectivity index (χ1n) is 7.96. The first-order chi connectivity index (χ1) is 12.1. The summed E-state index contributed by atoms with van der Waals surface area (Å²) in [5, 5.41) is 0.0274. The van der Waals surface area contributed by atoms with Gasteiger partial charge in [-0.15, -0.1) is 13.2 Å². The van der Waals surface area contributed by atoms with Crippen molar-refractivity contribution in [1.82, 2.24) is 14.3 Å². The molecule has 3 rings (SSSR count). The zero-order chi connectivity index (χ0) is 19.0. The number of sulfonamides is 1. The fraction of sp³-hybridized carbons (Fsp3) is 0.438. The van der Waals surface area contributed by atoms with E-state index < -0.39 is 21.9 Å². The first kappa shape index (κ1) is 18.7. The van der Waals surface area contributed by atoms with Gasteiger partial charge in [0.2, 0.25) is 0 Å². The van der Waals surface area contributed by atoms with Gasteiger partial charge in [-0.1, -0.05) is 12.1 Å². The van der Waals surface area contributed by atoms with Crippen LogP contribution in [0.25, 0.3) is 0 Å². The van der Waals surface area contributed by atoms with Crippen LogP contribution in [0.3, 0.4) is 0 Å². The Morgan fingerprint density at radius 3 is 2.58 bits per heavy atom. The number of ether oxygens (including phenoxy) is 1. The topological polar surface area (TPSA) is 75.3 Å². The molecular formula is C16H18F3N3O3S. The molecule has 1 saturated heterocycles. The minimum absolute atomic E-state index is 0.0274. The molecule has 0 bridgehead atoms. The summed E-state index contributed by atoms with van der Waals surface area (Å²) in [7, 11) is -3.71. The normalized spacial score (nSPS) is 21.8. The predicted octanol–water partition coefficient (Wildman–Crippen LogP) is 3.09. The van der Waals surface area contributed by atoms with Gasteiger partial charge >= 0.3 is 6.36 Å². The number of nitrogens with one attached hydrogen (secondary N) is 1. The van der Waals surface area contributed by atoms with Gasteiger partial charge < -0.3 is 9.72 Å². The average molecular weight is 389 g/mol. The van der Waals surface area contributed by atoms with Crippen LogP contribution in [-0.4, -0.2) is 41.1 Å². The molecule has 1 fully saturated rings. The van der Waals surface area contributed by atoms with Crippen LogP contribution in [0.4, 0.5) is 13.2 Å². The van der Waals surface area contributed by atoms with Gasteiger partial charge in [-0.25, -0.2) is 13.4 Å². The summed E-state index contributed by atoms with van der Waals surface area (Å²) in [6.07, 6.45) is -0.433. The number of aromatic amines is 1. The molecule has 0 saturated carbocycles. The lowest BCUT2D eigenvalue weighted by molar-refractivity contribution is -0.274. The summed E-state index contributed by atoms with van der Waals surface area (Å²) in [4.78, 5) is 6.38. The molecule has 1 N–H and O–H groups in total. The van der Waals surface area contributed by atoms with E-state index in [-0.39, 0.29) is 10.8 Å². The molecule has 10 heteroatoms. The van der Waals surface area contributed by atoms with Gasteiger partial charge in [-0.2, -0.15) is 4.31 Å². The molecule has 1 atom stereocenters. The molecule has 2 aromatic rings. The fourth-order valence-corrected chi connectivity index (χ4v) is 5.08. The largest absolute Gasteiger partial charge is 0.573 e. The number of rotatable bonds is 5. The molecular weight excluding hydrogens is 371 g/mol. The Bertz CT molecular complexity index is 851. The summed E-state index contributed by atoms with van der Waals surface area (Å²) in [5.74, 6) is -0.306. The number of H-pyrrole nitrogens is 1. The number of aromatic nitrogens is 2. The fourth-order valence-electron chi connectivity index (χ4n) is 3.34. The van der Waals surface area contributed by atoms with Crippen molar-refractivity contribution >= 4 is 10.0 Å². The third kappa shape index (κ3) is 3.85. The lowest BCUT2D eigenvalue weighted by Gasteiger charge is -2.34. The molecule has 0 radical (unpaired) electrons. The minimum Gasteiger partial charge on any atom is -0.406 e. The van der Waals surface area contributed by atoms with E-state index >= 15 is 0 Å². The van der Waals surface area contributed by atoms with E-state index in [0.29, 0.717) is 25.8 Å². The second-order valence-electron chi connectivity index (χ2n) is 6.46. The van der Waals surface area contributed by atoms with Gasteiger partial charge in [0.1, 0.15) is 5.75 Å². The van der Waals surface area contributed by atoms with Crippen molar-refractivity contribution in [2.24, 2.45) is 0 Å². The SMILES string of the molecule is CC1(Cc2ccc(OC(F)(F)F)cc2)CCCN1S(=O)(=O)c1cnc[nH]1. The van der Waals surface area contributed by atoms with Crippen LogP contribution in [0.15, 0.2) is 41.8 Å². The predicted molar refractivity (Wildman–Crippen MR) is 86.9 cm³/mol. The van der Waals surface area contributed by atoms with Gasteiger partial charge in [0.05, 0.1) is 12.5 Å². The van der Waals surface area contributed by atoms with E-state index in [9.17, 15) is 21.6 Å². The highest BCUT2D eigenvalue weighted by molar-refractivity contribution is 7.89. The van der Waals surface area contributed by atoms with E-state index in [0.717, 1.165) is 5.56 Å². The summed E-state index contributed by atoms with van der Waals surface area (Å²) < 4.78 is 67.7. The number of hydrogen-bond acceptors (Lipinski definition) is 4. The Labute approximate surface area is 149 Å².